The maximum Gasteiger partial charge on any atom is 0.288 e. The summed E-state index contributed by atoms with van der Waals surface area (Å²) in [5.41, 5.74) is 2.55. The molecule has 2 aromatic carbocycles. The number of nitro groups is 1. The lowest BCUT2D eigenvalue weighted by Gasteiger charge is -2.05. The second kappa shape index (κ2) is 8.93. The summed E-state index contributed by atoms with van der Waals surface area (Å²) in [6.07, 6.45) is 1.22. The van der Waals surface area contributed by atoms with Gasteiger partial charge in [0.05, 0.1) is 28.3 Å². The minimum absolute atomic E-state index is 0.00142. The molecule has 0 atom stereocenters. The fraction of sp³-hybridized carbons (Fsp3) is 0.0625. The summed E-state index contributed by atoms with van der Waals surface area (Å²) >= 11 is 11.6. The quantitative estimate of drug-likeness (QED) is 0.445. The van der Waals surface area contributed by atoms with E-state index in [4.69, 9.17) is 23.2 Å². The molecular weight excluding hydrogens is 383 g/mol. The van der Waals surface area contributed by atoms with Gasteiger partial charge in [-0.2, -0.15) is 5.10 Å². The summed E-state index contributed by atoms with van der Waals surface area (Å²) in [5.74, 6) is -1.08. The van der Waals surface area contributed by atoms with Crippen LogP contribution in [-0.2, 0) is 4.79 Å². The molecule has 2 rings (SSSR count). The van der Waals surface area contributed by atoms with Gasteiger partial charge in [0.2, 0.25) is 0 Å². The molecule has 0 unspecified atom stereocenters. The van der Waals surface area contributed by atoms with Crippen molar-refractivity contribution in [2.45, 2.75) is 0 Å². The molecule has 0 bridgehead atoms. The van der Waals surface area contributed by atoms with Gasteiger partial charge in [0.1, 0.15) is 5.02 Å². The van der Waals surface area contributed by atoms with Crippen LogP contribution in [-0.4, -0.2) is 29.5 Å². The number of hydrazone groups is 1. The monoisotopic (exact) mass is 394 g/mol. The Labute approximate surface area is 157 Å². The molecule has 134 valence electrons. The fourth-order valence-electron chi connectivity index (χ4n) is 1.87. The van der Waals surface area contributed by atoms with Crippen LogP contribution in [0.3, 0.4) is 0 Å². The number of halogens is 2. The minimum Gasteiger partial charge on any atom is -0.343 e. The summed E-state index contributed by atoms with van der Waals surface area (Å²) in [7, 11) is 0. The number of nitrogens with zero attached hydrogens (tertiary/aromatic N) is 2. The molecule has 0 radical (unpaired) electrons. The van der Waals surface area contributed by atoms with Gasteiger partial charge < -0.3 is 5.32 Å². The molecule has 0 aliphatic rings. The Morgan fingerprint density at radius 2 is 1.88 bits per heavy atom. The highest BCUT2D eigenvalue weighted by molar-refractivity contribution is 6.34. The van der Waals surface area contributed by atoms with E-state index in [0.717, 1.165) is 0 Å². The number of carbonyl (C=O) groups excluding carboxylic acids is 2. The van der Waals surface area contributed by atoms with Gasteiger partial charge in [-0.3, -0.25) is 19.7 Å². The highest BCUT2D eigenvalue weighted by Crippen LogP contribution is 2.24. The predicted octanol–water partition coefficient (Wildman–Crippen LogP) is 2.78. The van der Waals surface area contributed by atoms with E-state index < -0.39 is 16.7 Å². The molecule has 0 fully saturated rings. The second-order valence-corrected chi connectivity index (χ2v) is 5.74. The van der Waals surface area contributed by atoms with Crippen molar-refractivity contribution in [1.82, 2.24) is 10.7 Å². The zero-order valence-corrected chi connectivity index (χ0v) is 14.6. The highest BCUT2D eigenvalue weighted by atomic mass is 35.5. The third-order valence-corrected chi connectivity index (χ3v) is 3.75. The average molecular weight is 395 g/mol. The third-order valence-electron chi connectivity index (χ3n) is 3.10. The van der Waals surface area contributed by atoms with E-state index in [1.165, 1.54) is 30.5 Å². The molecule has 2 N–H and O–H groups in total. The number of amides is 2. The van der Waals surface area contributed by atoms with Gasteiger partial charge in [-0.1, -0.05) is 41.4 Å². The van der Waals surface area contributed by atoms with Crippen molar-refractivity contribution in [3.05, 3.63) is 73.8 Å². The molecule has 0 saturated heterocycles. The molecule has 2 aromatic rings. The molecular formula is C16H12Cl2N4O4. The van der Waals surface area contributed by atoms with Gasteiger partial charge in [0.15, 0.2) is 0 Å². The molecule has 0 aliphatic carbocycles. The molecule has 0 spiro atoms. The fourth-order valence-corrected chi connectivity index (χ4v) is 2.28. The maximum atomic E-state index is 11.9. The number of carbonyl (C=O) groups is 2. The van der Waals surface area contributed by atoms with Crippen LogP contribution >= 0.6 is 23.2 Å². The van der Waals surface area contributed by atoms with Crippen molar-refractivity contribution in [3.63, 3.8) is 0 Å². The van der Waals surface area contributed by atoms with Gasteiger partial charge in [-0.25, -0.2) is 5.43 Å². The summed E-state index contributed by atoms with van der Waals surface area (Å²) in [6, 6.07) is 10.5. The van der Waals surface area contributed by atoms with Crippen molar-refractivity contribution < 1.29 is 14.5 Å². The van der Waals surface area contributed by atoms with Crippen LogP contribution in [0.25, 0.3) is 0 Å². The van der Waals surface area contributed by atoms with Gasteiger partial charge >= 0.3 is 0 Å². The SMILES string of the molecule is O=C(CNC(=O)c1ccccc1Cl)N/N=C/c1ccc(Cl)c([N+](=O)[O-])c1. The second-order valence-electron chi connectivity index (χ2n) is 4.92. The van der Waals surface area contributed by atoms with Crippen LogP contribution in [0, 0.1) is 10.1 Å². The first-order chi connectivity index (χ1) is 12.4. The van der Waals surface area contributed by atoms with Crippen molar-refractivity contribution in [1.29, 1.82) is 0 Å². The van der Waals surface area contributed by atoms with E-state index in [0.29, 0.717) is 5.56 Å². The molecule has 0 aliphatic heterocycles. The third kappa shape index (κ3) is 5.27. The van der Waals surface area contributed by atoms with E-state index in [-0.39, 0.29) is 27.8 Å². The Kier molecular flexibility index (Phi) is 6.65. The Hall–Kier alpha value is -2.97. The highest BCUT2D eigenvalue weighted by Gasteiger charge is 2.12. The van der Waals surface area contributed by atoms with Crippen LogP contribution in [0.4, 0.5) is 5.69 Å². The maximum absolute atomic E-state index is 11.9. The standard InChI is InChI=1S/C16H12Cl2N4O4/c17-12-4-2-1-3-11(12)16(24)19-9-15(23)21-20-8-10-5-6-13(18)14(7-10)22(25)26/h1-8H,9H2,(H,19,24)(H,21,23)/b20-8+. The Morgan fingerprint density at radius 1 is 1.15 bits per heavy atom. The number of hydrogen-bond donors (Lipinski definition) is 2. The molecule has 0 saturated carbocycles. The summed E-state index contributed by atoms with van der Waals surface area (Å²) in [6.45, 7) is -0.317. The Balaban J connectivity index is 1.88. The van der Waals surface area contributed by atoms with E-state index >= 15 is 0 Å². The number of nitrogens with one attached hydrogen (secondary N) is 2. The molecule has 0 aromatic heterocycles. The van der Waals surface area contributed by atoms with Gasteiger partial charge in [-0.05, 0) is 18.2 Å². The minimum atomic E-state index is -0.623. The lowest BCUT2D eigenvalue weighted by atomic mass is 10.2. The summed E-state index contributed by atoms with van der Waals surface area (Å²) in [4.78, 5) is 33.8. The first-order valence-electron chi connectivity index (χ1n) is 7.17. The normalized spacial score (nSPS) is 10.5. The van der Waals surface area contributed by atoms with Gasteiger partial charge in [0, 0.05) is 11.6 Å². The number of rotatable bonds is 6. The summed E-state index contributed by atoms with van der Waals surface area (Å²) < 4.78 is 0. The van der Waals surface area contributed by atoms with Crippen LogP contribution in [0.5, 0.6) is 0 Å². The van der Waals surface area contributed by atoms with Gasteiger partial charge in [-0.15, -0.1) is 0 Å². The van der Waals surface area contributed by atoms with E-state index in [2.05, 4.69) is 15.8 Å². The molecule has 2 amide bonds. The molecule has 26 heavy (non-hydrogen) atoms. The molecule has 10 heteroatoms. The van der Waals surface area contributed by atoms with E-state index in [1.54, 1.807) is 18.2 Å². The van der Waals surface area contributed by atoms with Crippen molar-refractivity contribution in [2.75, 3.05) is 6.54 Å². The first kappa shape index (κ1) is 19.4. The summed E-state index contributed by atoms with van der Waals surface area (Å²) in [5, 5.41) is 17.1. The van der Waals surface area contributed by atoms with Crippen LogP contribution in [0.1, 0.15) is 15.9 Å². The Bertz CT molecular complexity index is 886. The lowest BCUT2D eigenvalue weighted by molar-refractivity contribution is -0.384. The zero-order chi connectivity index (χ0) is 19.1. The topological polar surface area (TPSA) is 114 Å². The van der Waals surface area contributed by atoms with Crippen molar-refractivity contribution in [3.8, 4) is 0 Å². The molecule has 8 nitrogen and oxygen atoms in total. The van der Waals surface area contributed by atoms with Crippen molar-refractivity contribution >= 4 is 46.9 Å². The number of benzene rings is 2. The average Bonchev–Trinajstić information content (AvgIpc) is 2.61. The zero-order valence-electron chi connectivity index (χ0n) is 13.1. The number of nitro benzene ring substituents is 1. The van der Waals surface area contributed by atoms with Gasteiger partial charge in [0.25, 0.3) is 17.5 Å². The first-order valence-corrected chi connectivity index (χ1v) is 7.92. The number of hydrogen-bond acceptors (Lipinski definition) is 5. The smallest absolute Gasteiger partial charge is 0.288 e. The molecule has 0 heterocycles. The Morgan fingerprint density at radius 3 is 2.58 bits per heavy atom. The van der Waals surface area contributed by atoms with Crippen LogP contribution < -0.4 is 10.7 Å². The van der Waals surface area contributed by atoms with E-state index in [1.807, 2.05) is 0 Å². The van der Waals surface area contributed by atoms with Crippen LogP contribution in [0.2, 0.25) is 10.0 Å². The van der Waals surface area contributed by atoms with Crippen LogP contribution in [0.15, 0.2) is 47.6 Å². The lowest BCUT2D eigenvalue weighted by Crippen LogP contribution is -2.35. The predicted molar refractivity (Wildman–Crippen MR) is 97.6 cm³/mol. The van der Waals surface area contributed by atoms with Crippen molar-refractivity contribution in [2.24, 2.45) is 5.10 Å². The largest absolute Gasteiger partial charge is 0.343 e. The van der Waals surface area contributed by atoms with E-state index in [9.17, 15) is 19.7 Å².